The van der Waals surface area contributed by atoms with E-state index in [2.05, 4.69) is 73.1 Å². The van der Waals surface area contributed by atoms with Crippen LogP contribution in [0.3, 0.4) is 0 Å². The van der Waals surface area contributed by atoms with Crippen LogP contribution in [0.4, 0.5) is 5.69 Å². The maximum absolute atomic E-state index is 11.6. The van der Waals surface area contributed by atoms with Crippen molar-refractivity contribution < 1.29 is 4.79 Å². The van der Waals surface area contributed by atoms with Crippen molar-refractivity contribution in [1.29, 1.82) is 0 Å². The molecule has 1 aromatic heterocycles. The van der Waals surface area contributed by atoms with Crippen LogP contribution < -0.4 is 10.3 Å². The first-order valence-corrected chi connectivity index (χ1v) is 11.9. The summed E-state index contributed by atoms with van der Waals surface area (Å²) in [4.78, 5) is 16.3. The fraction of sp³-hybridized carbons (Fsp3) is 0.192. The molecule has 3 aromatic rings. The van der Waals surface area contributed by atoms with E-state index in [9.17, 15) is 4.79 Å². The number of nitrogens with one attached hydrogen (secondary N) is 1. The minimum Gasteiger partial charge on any atom is -0.306 e. The Morgan fingerprint density at radius 3 is 2.48 bits per heavy atom. The molecule has 4 rings (SSSR count). The highest BCUT2D eigenvalue weighted by atomic mass is 35.5. The van der Waals surface area contributed by atoms with E-state index in [0.717, 1.165) is 33.8 Å². The number of benzene rings is 2. The molecule has 0 spiro atoms. The second-order valence-corrected chi connectivity index (χ2v) is 9.39. The fourth-order valence-corrected chi connectivity index (χ4v) is 5.58. The van der Waals surface area contributed by atoms with Gasteiger partial charge < -0.3 is 5.32 Å². The lowest BCUT2D eigenvalue weighted by molar-refractivity contribution is -0.114. The lowest BCUT2D eigenvalue weighted by Gasteiger charge is -2.27. The van der Waals surface area contributed by atoms with Crippen LogP contribution in [0.1, 0.15) is 40.0 Å². The summed E-state index contributed by atoms with van der Waals surface area (Å²) in [5, 5.41) is 10.4. The molecule has 1 unspecified atom stereocenters. The summed E-state index contributed by atoms with van der Waals surface area (Å²) in [7, 11) is 0. The highest BCUT2D eigenvalue weighted by molar-refractivity contribution is 7.99. The number of carbonyl (C=O) groups excluding carboxylic acids is 1. The number of rotatable bonds is 6. The average Bonchev–Trinajstić information content (AvgIpc) is 2.79. The topological polar surface area (TPSA) is 57.6 Å². The Bertz CT molecular complexity index is 1220. The molecule has 0 saturated heterocycles. The van der Waals surface area contributed by atoms with Crippen LogP contribution in [0.25, 0.3) is 0 Å². The van der Waals surface area contributed by atoms with Crippen molar-refractivity contribution in [3.05, 3.63) is 100.0 Å². The Kier molecular flexibility index (Phi) is 6.86. The summed E-state index contributed by atoms with van der Waals surface area (Å²) in [6.45, 7) is 10.3. The monoisotopic (exact) mass is 476 g/mol. The summed E-state index contributed by atoms with van der Waals surface area (Å²) in [6, 6.07) is 16.3. The number of hydrogen-bond donors (Lipinski definition) is 1. The predicted molar refractivity (Wildman–Crippen MR) is 137 cm³/mol. The first-order valence-electron chi connectivity index (χ1n) is 10.7. The molecule has 1 N–H and O–H groups in total. The Balaban J connectivity index is 1.80. The molecule has 0 fully saturated rings. The Hall–Kier alpha value is -3.09. The van der Waals surface area contributed by atoms with E-state index in [4.69, 9.17) is 11.6 Å². The van der Waals surface area contributed by atoms with Gasteiger partial charge in [-0.15, -0.1) is 0 Å². The molecular weight excluding hydrogens is 452 g/mol. The third-order valence-corrected chi connectivity index (χ3v) is 7.12. The molecule has 0 radical (unpaired) electrons. The predicted octanol–water partition coefficient (Wildman–Crippen LogP) is 6.19. The van der Waals surface area contributed by atoms with E-state index in [-0.39, 0.29) is 11.2 Å². The van der Waals surface area contributed by atoms with Gasteiger partial charge in [-0.2, -0.15) is 5.10 Å². The SMILES string of the molecule is C=C1NC(=O)C=NN1c1cc(C)c(C(Sc2ncccc2CC)c2ccc(Cl)cc2)c(C)c1. The lowest BCUT2D eigenvalue weighted by Crippen LogP contribution is -2.37. The van der Waals surface area contributed by atoms with Crippen LogP contribution in [0, 0.1) is 13.8 Å². The van der Waals surface area contributed by atoms with E-state index in [1.165, 1.54) is 17.3 Å². The summed E-state index contributed by atoms with van der Waals surface area (Å²) in [5.41, 5.74) is 6.68. The summed E-state index contributed by atoms with van der Waals surface area (Å²) in [5.74, 6) is 0.154. The van der Waals surface area contributed by atoms with E-state index >= 15 is 0 Å². The number of hydrogen-bond acceptors (Lipinski definition) is 5. The molecule has 0 bridgehead atoms. The standard InChI is InChI=1S/C26H25ClN4OS/c1-5-19-7-6-12-28-26(19)33-25(20-8-10-21(27)11-9-20)24-16(2)13-22(14-17(24)3)31-18(4)30-23(32)15-29-31/h6-15,25H,4-5H2,1-3H3,(H,30,32). The molecule has 1 aliphatic heterocycles. The molecule has 0 aliphatic carbocycles. The van der Waals surface area contributed by atoms with Gasteiger partial charge in [-0.05, 0) is 78.4 Å². The van der Waals surface area contributed by atoms with E-state index < -0.39 is 0 Å². The third kappa shape index (κ3) is 4.97. The highest BCUT2D eigenvalue weighted by Gasteiger charge is 2.24. The fourth-order valence-electron chi connectivity index (χ4n) is 3.96. The molecule has 1 amide bonds. The van der Waals surface area contributed by atoms with Crippen LogP contribution in [0.5, 0.6) is 0 Å². The normalized spacial score (nSPS) is 14.4. The average molecular weight is 477 g/mol. The molecule has 168 valence electrons. The molecule has 2 heterocycles. The minimum atomic E-state index is -0.275. The van der Waals surface area contributed by atoms with Gasteiger partial charge in [-0.25, -0.2) is 9.99 Å². The Morgan fingerprint density at radius 1 is 1.15 bits per heavy atom. The zero-order valence-corrected chi connectivity index (χ0v) is 20.4. The maximum atomic E-state index is 11.6. The van der Waals surface area contributed by atoms with Crippen molar-refractivity contribution in [2.24, 2.45) is 5.10 Å². The summed E-state index contributed by atoms with van der Waals surface area (Å²) >= 11 is 7.94. The van der Waals surface area contributed by atoms with Gasteiger partial charge in [0.15, 0.2) is 0 Å². The van der Waals surface area contributed by atoms with Gasteiger partial charge >= 0.3 is 0 Å². The number of carbonyl (C=O) groups is 1. The number of anilines is 1. The third-order valence-electron chi connectivity index (χ3n) is 5.53. The molecule has 1 atom stereocenters. The van der Waals surface area contributed by atoms with Crippen LogP contribution in [0.2, 0.25) is 5.02 Å². The van der Waals surface area contributed by atoms with E-state index in [1.807, 2.05) is 24.4 Å². The number of halogens is 1. The number of nitrogens with zero attached hydrogens (tertiary/aromatic N) is 3. The van der Waals surface area contributed by atoms with Crippen LogP contribution in [0.15, 0.2) is 77.3 Å². The first kappa shape index (κ1) is 23.1. The largest absolute Gasteiger partial charge is 0.306 e. The van der Waals surface area contributed by atoms with Gasteiger partial charge in [-0.1, -0.05) is 55.1 Å². The summed E-state index contributed by atoms with van der Waals surface area (Å²) < 4.78 is 0. The lowest BCUT2D eigenvalue weighted by atomic mass is 9.94. The molecule has 1 aliphatic rings. The van der Waals surface area contributed by atoms with Crippen molar-refractivity contribution >= 4 is 41.2 Å². The molecule has 33 heavy (non-hydrogen) atoms. The van der Waals surface area contributed by atoms with Crippen molar-refractivity contribution in [3.8, 4) is 0 Å². The van der Waals surface area contributed by atoms with Crippen molar-refractivity contribution in [1.82, 2.24) is 10.3 Å². The zero-order chi connectivity index (χ0) is 23.5. The first-order chi connectivity index (χ1) is 15.9. The molecular formula is C26H25ClN4OS. The maximum Gasteiger partial charge on any atom is 0.269 e. The Morgan fingerprint density at radius 2 is 1.85 bits per heavy atom. The quantitative estimate of drug-likeness (QED) is 0.431. The number of amides is 1. The van der Waals surface area contributed by atoms with Crippen LogP contribution >= 0.6 is 23.4 Å². The van der Waals surface area contributed by atoms with E-state index in [0.29, 0.717) is 10.8 Å². The van der Waals surface area contributed by atoms with Crippen molar-refractivity contribution in [2.45, 2.75) is 37.5 Å². The Labute approximate surface area is 203 Å². The smallest absolute Gasteiger partial charge is 0.269 e. The molecule has 0 saturated carbocycles. The molecule has 5 nitrogen and oxygen atoms in total. The second kappa shape index (κ2) is 9.81. The number of hydrazone groups is 1. The summed E-state index contributed by atoms with van der Waals surface area (Å²) in [6.07, 6.45) is 4.02. The van der Waals surface area contributed by atoms with Gasteiger partial charge in [0.1, 0.15) is 17.1 Å². The van der Waals surface area contributed by atoms with Gasteiger partial charge in [0.05, 0.1) is 10.9 Å². The number of aromatic nitrogens is 1. The second-order valence-electron chi connectivity index (χ2n) is 7.86. The molecule has 7 heteroatoms. The van der Waals surface area contributed by atoms with Crippen LogP contribution in [-0.2, 0) is 11.2 Å². The molecule has 2 aromatic carbocycles. The van der Waals surface area contributed by atoms with Gasteiger partial charge in [0, 0.05) is 11.2 Å². The number of thioether (sulfide) groups is 1. The van der Waals surface area contributed by atoms with Gasteiger partial charge in [0.25, 0.3) is 5.91 Å². The number of aryl methyl sites for hydroxylation is 3. The van der Waals surface area contributed by atoms with E-state index in [1.54, 1.807) is 16.8 Å². The van der Waals surface area contributed by atoms with Crippen molar-refractivity contribution in [2.75, 3.05) is 5.01 Å². The van der Waals surface area contributed by atoms with Crippen LogP contribution in [-0.4, -0.2) is 17.1 Å². The van der Waals surface area contributed by atoms with Gasteiger partial charge in [-0.3, -0.25) is 4.79 Å². The highest BCUT2D eigenvalue weighted by Crippen LogP contribution is 2.44. The minimum absolute atomic E-state index is 0.0317. The number of pyridine rings is 1. The van der Waals surface area contributed by atoms with Gasteiger partial charge in [0.2, 0.25) is 0 Å². The van der Waals surface area contributed by atoms with Crippen molar-refractivity contribution in [3.63, 3.8) is 0 Å². The zero-order valence-electron chi connectivity index (χ0n) is 18.8.